The first-order chi connectivity index (χ1) is 6.93. The lowest BCUT2D eigenvalue weighted by atomic mass is 9.86. The van der Waals surface area contributed by atoms with Gasteiger partial charge in [0.2, 0.25) is 5.91 Å². The van der Waals surface area contributed by atoms with Crippen LogP contribution < -0.4 is 5.32 Å². The van der Waals surface area contributed by atoms with Crippen LogP contribution in [-0.4, -0.2) is 16.4 Å². The molecule has 88 valence electrons. The molecule has 15 heavy (non-hydrogen) atoms. The predicted octanol–water partition coefficient (Wildman–Crippen LogP) is 3.14. The molecule has 1 fully saturated rings. The normalized spacial score (nSPS) is 27.5. The Morgan fingerprint density at radius 3 is 2.20 bits per heavy atom. The monoisotopic (exact) mass is 323 g/mol. The molecule has 0 aliphatic heterocycles. The molecule has 0 aromatic heterocycles. The molecular weight excluding hydrogens is 301 g/mol. The predicted molar refractivity (Wildman–Crippen MR) is 72.2 cm³/mol. The van der Waals surface area contributed by atoms with Gasteiger partial charge in [0.1, 0.15) is 0 Å². The van der Waals surface area contributed by atoms with Crippen molar-refractivity contribution in [1.29, 1.82) is 0 Å². The number of carbonyl (C=O) groups excluding carboxylic acids is 1. The number of alkyl halides is 1. The summed E-state index contributed by atoms with van der Waals surface area (Å²) in [5.41, 5.74) is -0.250. The van der Waals surface area contributed by atoms with E-state index in [-0.39, 0.29) is 11.3 Å². The van der Waals surface area contributed by atoms with Gasteiger partial charge < -0.3 is 5.32 Å². The van der Waals surface area contributed by atoms with Gasteiger partial charge in [-0.1, -0.05) is 43.4 Å². The maximum absolute atomic E-state index is 11.8. The van der Waals surface area contributed by atoms with Crippen LogP contribution in [-0.2, 0) is 4.79 Å². The van der Waals surface area contributed by atoms with Gasteiger partial charge in [-0.2, -0.15) is 0 Å². The van der Waals surface area contributed by atoms with Crippen molar-refractivity contribution in [3.8, 4) is 0 Å². The number of halogens is 1. The van der Waals surface area contributed by atoms with Crippen molar-refractivity contribution in [3.63, 3.8) is 0 Å². The summed E-state index contributed by atoms with van der Waals surface area (Å²) in [6.07, 6.45) is 4.88. The van der Waals surface area contributed by atoms with E-state index >= 15 is 0 Å². The second kappa shape index (κ2) is 5.51. The highest BCUT2D eigenvalue weighted by Crippen LogP contribution is 2.26. The molecule has 0 aromatic rings. The Morgan fingerprint density at radius 2 is 1.80 bits per heavy atom. The summed E-state index contributed by atoms with van der Waals surface area (Å²) in [6, 6.07) is 0.427. The molecule has 0 saturated heterocycles. The van der Waals surface area contributed by atoms with Gasteiger partial charge in [0, 0.05) is 15.9 Å². The van der Waals surface area contributed by atoms with Crippen molar-refractivity contribution < 1.29 is 4.79 Å². The molecule has 1 saturated carbocycles. The Bertz CT molecular complexity index is 214. The van der Waals surface area contributed by atoms with Crippen LogP contribution in [0.5, 0.6) is 0 Å². The molecule has 1 aliphatic carbocycles. The number of nitrogens with one attached hydrogen (secondary N) is 1. The van der Waals surface area contributed by atoms with E-state index in [1.807, 2.05) is 20.8 Å². The van der Waals surface area contributed by atoms with E-state index in [0.717, 1.165) is 18.8 Å². The molecule has 1 N–H and O–H groups in total. The lowest BCUT2D eigenvalue weighted by molar-refractivity contribution is -0.129. The van der Waals surface area contributed by atoms with E-state index in [9.17, 15) is 4.79 Å². The fourth-order valence-electron chi connectivity index (χ4n) is 1.86. The van der Waals surface area contributed by atoms with E-state index in [1.54, 1.807) is 0 Å². The van der Waals surface area contributed by atoms with E-state index in [2.05, 4.69) is 27.9 Å². The van der Waals surface area contributed by atoms with Crippen LogP contribution in [0.3, 0.4) is 0 Å². The third-order valence-electron chi connectivity index (χ3n) is 3.08. The van der Waals surface area contributed by atoms with Gasteiger partial charge in [-0.15, -0.1) is 0 Å². The lowest BCUT2D eigenvalue weighted by Gasteiger charge is -2.30. The highest BCUT2D eigenvalue weighted by Gasteiger charge is 2.26. The quantitative estimate of drug-likeness (QED) is 0.614. The summed E-state index contributed by atoms with van der Waals surface area (Å²) >= 11 is 2.46. The van der Waals surface area contributed by atoms with Crippen LogP contribution >= 0.6 is 22.6 Å². The zero-order valence-corrected chi connectivity index (χ0v) is 12.1. The average Bonchev–Trinajstić information content (AvgIpc) is 2.17. The van der Waals surface area contributed by atoms with Crippen molar-refractivity contribution in [2.75, 3.05) is 4.43 Å². The number of hydrogen-bond acceptors (Lipinski definition) is 1. The fraction of sp³-hybridized carbons (Fsp3) is 0.917. The van der Waals surface area contributed by atoms with Gasteiger partial charge in [0.25, 0.3) is 0 Å². The second-order valence-corrected chi connectivity index (χ2v) is 6.48. The van der Waals surface area contributed by atoms with Crippen LogP contribution in [0.4, 0.5) is 0 Å². The SMILES string of the molecule is CC(C)(C)C(=O)NC1CCC(CI)CC1. The number of hydrogen-bond donors (Lipinski definition) is 1. The smallest absolute Gasteiger partial charge is 0.225 e. The van der Waals surface area contributed by atoms with Gasteiger partial charge >= 0.3 is 0 Å². The summed E-state index contributed by atoms with van der Waals surface area (Å²) in [7, 11) is 0. The number of amides is 1. The van der Waals surface area contributed by atoms with Gasteiger partial charge in [-0.05, 0) is 31.6 Å². The molecule has 0 spiro atoms. The average molecular weight is 323 g/mol. The Balaban J connectivity index is 2.33. The number of rotatable bonds is 2. The van der Waals surface area contributed by atoms with E-state index in [4.69, 9.17) is 0 Å². The summed E-state index contributed by atoms with van der Waals surface area (Å²) < 4.78 is 1.26. The Morgan fingerprint density at radius 1 is 1.27 bits per heavy atom. The van der Waals surface area contributed by atoms with Crippen LogP contribution in [0.2, 0.25) is 0 Å². The standard InChI is InChI=1S/C12H22INO/c1-12(2,3)11(15)14-10-6-4-9(8-13)5-7-10/h9-10H,4-8H2,1-3H3,(H,14,15). The first-order valence-electron chi connectivity index (χ1n) is 5.80. The zero-order valence-electron chi connectivity index (χ0n) is 9.98. The minimum Gasteiger partial charge on any atom is -0.353 e. The fourth-order valence-corrected chi connectivity index (χ4v) is 2.74. The molecular formula is C12H22INO. The van der Waals surface area contributed by atoms with E-state index in [0.29, 0.717) is 6.04 Å². The Hall–Kier alpha value is 0.200. The first kappa shape index (κ1) is 13.3. The lowest BCUT2D eigenvalue weighted by Crippen LogP contribution is -2.43. The summed E-state index contributed by atoms with van der Waals surface area (Å²) in [5, 5.41) is 3.16. The topological polar surface area (TPSA) is 29.1 Å². The maximum atomic E-state index is 11.8. The van der Waals surface area contributed by atoms with Crippen molar-refractivity contribution in [3.05, 3.63) is 0 Å². The summed E-state index contributed by atoms with van der Waals surface area (Å²) in [5.74, 6) is 1.08. The van der Waals surface area contributed by atoms with Crippen molar-refractivity contribution in [1.82, 2.24) is 5.32 Å². The molecule has 0 bridgehead atoms. The maximum Gasteiger partial charge on any atom is 0.225 e. The molecule has 1 amide bonds. The van der Waals surface area contributed by atoms with E-state index in [1.165, 1.54) is 17.3 Å². The minimum atomic E-state index is -0.250. The Labute approximate surface area is 107 Å². The van der Waals surface area contributed by atoms with Gasteiger partial charge in [-0.3, -0.25) is 4.79 Å². The van der Waals surface area contributed by atoms with Crippen LogP contribution in [0.25, 0.3) is 0 Å². The highest BCUT2D eigenvalue weighted by molar-refractivity contribution is 14.1. The van der Waals surface area contributed by atoms with Crippen LogP contribution in [0.1, 0.15) is 46.5 Å². The molecule has 0 heterocycles. The van der Waals surface area contributed by atoms with Crippen LogP contribution in [0.15, 0.2) is 0 Å². The van der Waals surface area contributed by atoms with Crippen LogP contribution in [0, 0.1) is 11.3 Å². The van der Waals surface area contributed by atoms with Crippen molar-refractivity contribution in [2.24, 2.45) is 11.3 Å². The van der Waals surface area contributed by atoms with Gasteiger partial charge in [-0.25, -0.2) is 0 Å². The largest absolute Gasteiger partial charge is 0.353 e. The molecule has 0 radical (unpaired) electrons. The van der Waals surface area contributed by atoms with Gasteiger partial charge in [0.15, 0.2) is 0 Å². The van der Waals surface area contributed by atoms with E-state index < -0.39 is 0 Å². The second-order valence-electron chi connectivity index (χ2n) is 5.60. The molecule has 2 nitrogen and oxygen atoms in total. The molecule has 0 aromatic carbocycles. The Kier molecular flexibility index (Phi) is 4.87. The van der Waals surface area contributed by atoms with Crippen molar-refractivity contribution in [2.45, 2.75) is 52.5 Å². The minimum absolute atomic E-state index is 0.195. The molecule has 0 atom stereocenters. The zero-order chi connectivity index (χ0) is 11.5. The molecule has 1 aliphatic rings. The third-order valence-corrected chi connectivity index (χ3v) is 4.33. The summed E-state index contributed by atoms with van der Waals surface area (Å²) in [6.45, 7) is 5.91. The first-order valence-corrected chi connectivity index (χ1v) is 7.33. The molecule has 3 heteroatoms. The highest BCUT2D eigenvalue weighted by atomic mass is 127. The third kappa shape index (κ3) is 4.29. The van der Waals surface area contributed by atoms with Crippen molar-refractivity contribution >= 4 is 28.5 Å². The molecule has 0 unspecified atom stereocenters. The number of carbonyl (C=O) groups is 1. The molecule has 1 rings (SSSR count). The van der Waals surface area contributed by atoms with Gasteiger partial charge in [0.05, 0.1) is 0 Å². The summed E-state index contributed by atoms with van der Waals surface area (Å²) in [4.78, 5) is 11.8.